The van der Waals surface area contributed by atoms with Crippen molar-refractivity contribution in [3.05, 3.63) is 17.3 Å². The van der Waals surface area contributed by atoms with Crippen molar-refractivity contribution in [3.63, 3.8) is 0 Å². The molecule has 1 saturated carbocycles. The minimum Gasteiger partial charge on any atom is -0.481 e. The van der Waals surface area contributed by atoms with Crippen LogP contribution in [0.1, 0.15) is 25.5 Å². The predicted molar refractivity (Wildman–Crippen MR) is 105 cm³/mol. The summed E-state index contributed by atoms with van der Waals surface area (Å²) >= 11 is 1.08. The number of halogens is 3. The molecule has 2 aliphatic heterocycles. The number of hydrogen-bond donors (Lipinski definition) is 1. The van der Waals surface area contributed by atoms with Gasteiger partial charge in [-0.15, -0.1) is 0 Å². The highest BCUT2D eigenvalue weighted by molar-refractivity contribution is 7.03. The number of piperidine rings is 1. The molecule has 2 saturated heterocycles. The van der Waals surface area contributed by atoms with Crippen molar-refractivity contribution in [1.82, 2.24) is 14.3 Å². The number of carboxylic acid groups (broad SMARTS) is 1. The van der Waals surface area contributed by atoms with Crippen LogP contribution in [0, 0.1) is 17.8 Å². The molecule has 2 unspecified atom stereocenters. The first-order valence-corrected chi connectivity index (χ1v) is 10.7. The fourth-order valence-corrected chi connectivity index (χ4v) is 5.26. The second-order valence-electron chi connectivity index (χ2n) is 8.31. The van der Waals surface area contributed by atoms with Crippen LogP contribution in [0.25, 0.3) is 11.1 Å². The third-order valence-corrected chi connectivity index (χ3v) is 7.11. The molecule has 30 heavy (non-hydrogen) atoms. The number of aliphatic carboxylic acids is 1. The van der Waals surface area contributed by atoms with Gasteiger partial charge in [0.25, 0.3) is 0 Å². The highest BCUT2D eigenvalue weighted by atomic mass is 32.1. The summed E-state index contributed by atoms with van der Waals surface area (Å²) in [6, 6.07) is 0.0968. The second-order valence-corrected chi connectivity index (χ2v) is 8.96. The summed E-state index contributed by atoms with van der Waals surface area (Å²) < 4.78 is 46.1. The molecule has 0 spiro atoms. The number of carboxylic acids is 1. The number of rotatable bonds is 5. The molecule has 0 amide bonds. The van der Waals surface area contributed by atoms with Crippen molar-refractivity contribution in [2.75, 3.05) is 29.4 Å². The largest absolute Gasteiger partial charge is 0.481 e. The Morgan fingerprint density at radius 1 is 1.30 bits per heavy atom. The van der Waals surface area contributed by atoms with E-state index in [9.17, 15) is 18.0 Å². The van der Waals surface area contributed by atoms with E-state index in [1.807, 2.05) is 11.8 Å². The average molecular weight is 439 g/mol. The highest BCUT2D eigenvalue weighted by Gasteiger charge is 2.57. The van der Waals surface area contributed by atoms with Gasteiger partial charge < -0.3 is 14.9 Å². The third kappa shape index (κ3) is 3.19. The van der Waals surface area contributed by atoms with Gasteiger partial charge in [-0.2, -0.15) is 18.2 Å². The van der Waals surface area contributed by atoms with E-state index in [4.69, 9.17) is 5.11 Å². The molecule has 1 N–H and O–H groups in total. The second kappa shape index (κ2) is 6.79. The molecule has 7 nitrogen and oxygen atoms in total. The fourth-order valence-electron chi connectivity index (χ4n) is 4.73. The van der Waals surface area contributed by atoms with Crippen molar-refractivity contribution in [3.8, 4) is 11.1 Å². The molecule has 2 aromatic rings. The maximum Gasteiger partial charge on any atom is 0.434 e. The molecular weight excluding hydrogens is 419 g/mol. The van der Waals surface area contributed by atoms with Crippen molar-refractivity contribution >= 4 is 29.3 Å². The minimum atomic E-state index is -4.63. The Morgan fingerprint density at radius 2 is 2.03 bits per heavy atom. The normalized spacial score (nSPS) is 27.7. The number of anilines is 2. The van der Waals surface area contributed by atoms with Gasteiger partial charge in [0.2, 0.25) is 5.95 Å². The lowest BCUT2D eigenvalue weighted by molar-refractivity contribution is -0.140. The molecule has 4 heterocycles. The van der Waals surface area contributed by atoms with E-state index in [1.54, 1.807) is 10.3 Å². The molecule has 11 heteroatoms. The minimum absolute atomic E-state index is 0.0377. The molecule has 4 atom stereocenters. The topological polar surface area (TPSA) is 82.5 Å². The van der Waals surface area contributed by atoms with E-state index in [1.165, 1.54) is 6.20 Å². The summed E-state index contributed by atoms with van der Waals surface area (Å²) in [6.07, 6.45) is -2.22. The lowest BCUT2D eigenvalue weighted by Gasteiger charge is -2.39. The number of nitrogens with zero attached hydrogens (tertiary/aromatic N) is 5. The first kappa shape index (κ1) is 19.5. The summed E-state index contributed by atoms with van der Waals surface area (Å²) in [4.78, 5) is 23.2. The van der Waals surface area contributed by atoms with Gasteiger partial charge in [-0.25, -0.2) is 9.36 Å². The van der Waals surface area contributed by atoms with Crippen LogP contribution in [-0.4, -0.2) is 51.1 Å². The average Bonchev–Trinajstić information content (AvgIpc) is 3.11. The van der Waals surface area contributed by atoms with Gasteiger partial charge in [0.15, 0.2) is 5.69 Å². The van der Waals surface area contributed by atoms with E-state index in [0.717, 1.165) is 18.0 Å². The summed E-state index contributed by atoms with van der Waals surface area (Å²) in [5.41, 5.74) is -0.623. The first-order chi connectivity index (χ1) is 14.2. The monoisotopic (exact) mass is 439 g/mol. The van der Waals surface area contributed by atoms with Crippen LogP contribution >= 0.6 is 11.5 Å². The van der Waals surface area contributed by atoms with Gasteiger partial charge in [0.1, 0.15) is 5.82 Å². The van der Waals surface area contributed by atoms with E-state index < -0.39 is 17.8 Å². The van der Waals surface area contributed by atoms with Gasteiger partial charge in [-0.1, -0.05) is 0 Å². The third-order valence-electron chi connectivity index (χ3n) is 6.53. The number of carbonyl (C=O) groups is 1. The molecule has 3 aliphatic rings. The maximum absolute atomic E-state index is 14.1. The molecule has 5 rings (SSSR count). The molecule has 0 bridgehead atoms. The molecule has 160 valence electrons. The van der Waals surface area contributed by atoms with Crippen LogP contribution < -0.4 is 9.80 Å². The molecule has 2 aromatic heterocycles. The number of aromatic nitrogens is 3. The van der Waals surface area contributed by atoms with Crippen molar-refractivity contribution in [1.29, 1.82) is 0 Å². The number of alkyl halides is 3. The van der Waals surface area contributed by atoms with E-state index >= 15 is 0 Å². The standard InChI is InChI=1S/C19H20F3N5O2S/c1-9-2-3-27(9)18-24-16(19(20,21)22)15(10-5-23-30-8-10)17(25-18)26-6-12-11(4-14(28)29)13(12)7-26/h5,8-9,11-13H,2-4,6-7H2,1H3,(H,28,29)/t9?,11?,12-,13+. The van der Waals surface area contributed by atoms with Crippen LogP contribution in [-0.2, 0) is 11.0 Å². The van der Waals surface area contributed by atoms with E-state index in [2.05, 4.69) is 14.3 Å². The summed E-state index contributed by atoms with van der Waals surface area (Å²) in [5.74, 6) is 0.0132. The van der Waals surface area contributed by atoms with Crippen LogP contribution in [0.4, 0.5) is 24.9 Å². The van der Waals surface area contributed by atoms with Crippen LogP contribution in [0.5, 0.6) is 0 Å². The smallest absolute Gasteiger partial charge is 0.434 e. The van der Waals surface area contributed by atoms with E-state index in [-0.39, 0.29) is 47.5 Å². The zero-order chi connectivity index (χ0) is 21.2. The maximum atomic E-state index is 14.1. The molecule has 0 aromatic carbocycles. The van der Waals surface area contributed by atoms with Crippen molar-refractivity contribution in [2.45, 2.75) is 32.0 Å². The lowest BCUT2D eigenvalue weighted by Crippen LogP contribution is -2.47. The highest BCUT2D eigenvalue weighted by Crippen LogP contribution is 2.55. The Labute approximate surface area is 174 Å². The Balaban J connectivity index is 1.57. The SMILES string of the molecule is CC1CCN1c1nc(N2C[C@@H]3C(CC(=O)O)[C@@H]3C2)c(-c2cnsc2)c(C(F)(F)F)n1. The lowest BCUT2D eigenvalue weighted by atomic mass is 10.1. The Morgan fingerprint density at radius 3 is 2.53 bits per heavy atom. The summed E-state index contributed by atoms with van der Waals surface area (Å²) in [6.45, 7) is 3.59. The van der Waals surface area contributed by atoms with Gasteiger partial charge in [-0.3, -0.25) is 4.79 Å². The van der Waals surface area contributed by atoms with Crippen LogP contribution in [0.2, 0.25) is 0 Å². The van der Waals surface area contributed by atoms with E-state index in [0.29, 0.717) is 25.2 Å². The quantitative estimate of drug-likeness (QED) is 0.765. The summed E-state index contributed by atoms with van der Waals surface area (Å²) in [7, 11) is 0. The van der Waals surface area contributed by atoms with Gasteiger partial charge in [0.05, 0.1) is 5.56 Å². The fraction of sp³-hybridized carbons (Fsp3) is 0.579. The predicted octanol–water partition coefficient (Wildman–Crippen LogP) is 3.37. The van der Waals surface area contributed by atoms with Crippen LogP contribution in [0.15, 0.2) is 11.6 Å². The van der Waals surface area contributed by atoms with Crippen molar-refractivity contribution in [2.24, 2.45) is 17.8 Å². The zero-order valence-electron chi connectivity index (χ0n) is 16.1. The molecular formula is C19H20F3N5O2S. The van der Waals surface area contributed by atoms with Crippen molar-refractivity contribution < 1.29 is 23.1 Å². The Bertz CT molecular complexity index is 971. The molecule has 1 aliphatic carbocycles. The van der Waals surface area contributed by atoms with Gasteiger partial charge in [-0.05, 0) is 42.6 Å². The first-order valence-electron chi connectivity index (χ1n) is 9.86. The zero-order valence-corrected chi connectivity index (χ0v) is 16.9. The number of fused-ring (bicyclic) bond motifs is 1. The van der Waals surface area contributed by atoms with Gasteiger partial charge >= 0.3 is 12.1 Å². The molecule has 0 radical (unpaired) electrons. The Kier molecular flexibility index (Phi) is 4.42. The van der Waals surface area contributed by atoms with Gasteiger partial charge in [0, 0.05) is 49.2 Å². The Hall–Kier alpha value is -2.43. The molecule has 3 fully saturated rings. The van der Waals surface area contributed by atoms with Crippen LogP contribution in [0.3, 0.4) is 0 Å². The number of hydrogen-bond acceptors (Lipinski definition) is 7. The summed E-state index contributed by atoms with van der Waals surface area (Å²) in [5, 5.41) is 10.6.